The average Bonchev–Trinajstić information content (AvgIpc) is 3.21. The molecule has 0 aliphatic heterocycles. The molecule has 0 aromatic rings. The summed E-state index contributed by atoms with van der Waals surface area (Å²) >= 11 is 0. The van der Waals surface area contributed by atoms with E-state index in [2.05, 4.69) is 43.5 Å². The highest BCUT2D eigenvalue weighted by Crippen LogP contribution is 2.43. The third-order valence-corrected chi connectivity index (χ3v) is 11.6. The van der Waals surface area contributed by atoms with Crippen LogP contribution in [0.25, 0.3) is 0 Å². The van der Waals surface area contributed by atoms with E-state index in [0.29, 0.717) is 13.0 Å². The molecule has 10 heteroatoms. The first kappa shape index (κ1) is 56.5. The van der Waals surface area contributed by atoms with Crippen molar-refractivity contribution in [2.45, 2.75) is 238 Å². The maximum Gasteiger partial charge on any atom is 0.472 e. The third kappa shape index (κ3) is 44.1. The molecule has 0 spiro atoms. The fraction of sp³-hybridized carbons (Fsp3) is 0.875. The minimum Gasteiger partial charge on any atom is -0.462 e. The molecule has 0 rings (SSSR count). The number of likely N-dealkylation sites (N-methyl/N-ethyl adjacent to an activating group) is 1. The second kappa shape index (κ2) is 45.0. The number of phosphoric ester groups is 1. The van der Waals surface area contributed by atoms with Crippen LogP contribution in [0.5, 0.6) is 0 Å². The number of unbranched alkanes of at least 4 members (excludes halogenated alkanes) is 28. The molecule has 2 unspecified atom stereocenters. The summed E-state index contributed by atoms with van der Waals surface area (Å²) in [6, 6.07) is 0. The molecule has 58 heavy (non-hydrogen) atoms. The quantitative estimate of drug-likeness (QED) is 0.0267. The molecule has 0 aliphatic carbocycles. The summed E-state index contributed by atoms with van der Waals surface area (Å²) in [5.41, 5.74) is 0. The predicted octanol–water partition coefficient (Wildman–Crippen LogP) is 14.2. The summed E-state index contributed by atoms with van der Waals surface area (Å²) in [7, 11) is -2.65. The highest BCUT2D eigenvalue weighted by molar-refractivity contribution is 7.47. The number of carbonyl (C=O) groups excluding carboxylic acids is 2. The van der Waals surface area contributed by atoms with E-state index >= 15 is 0 Å². The second-order valence-electron chi connectivity index (χ2n) is 16.3. The molecule has 0 heterocycles. The van der Waals surface area contributed by atoms with Crippen molar-refractivity contribution in [2.75, 3.05) is 33.4 Å². The summed E-state index contributed by atoms with van der Waals surface area (Å²) in [5, 5.41) is 2.83. The molecule has 0 aliphatic rings. The first-order valence-corrected chi connectivity index (χ1v) is 25.8. The second-order valence-corrected chi connectivity index (χ2v) is 17.8. The van der Waals surface area contributed by atoms with Gasteiger partial charge in [0.1, 0.15) is 6.61 Å². The van der Waals surface area contributed by atoms with Gasteiger partial charge >= 0.3 is 19.8 Å². The molecular formula is C48H92NO8P. The number of allylic oxidation sites excluding steroid dienone is 4. The molecular weight excluding hydrogens is 750 g/mol. The number of nitrogens with one attached hydrogen (secondary N) is 1. The van der Waals surface area contributed by atoms with Crippen LogP contribution in [0.1, 0.15) is 232 Å². The van der Waals surface area contributed by atoms with Crippen molar-refractivity contribution in [3.63, 3.8) is 0 Å². The summed E-state index contributed by atoms with van der Waals surface area (Å²) in [6.07, 6.45) is 48.0. The lowest BCUT2D eigenvalue weighted by Crippen LogP contribution is -2.29. The molecule has 2 atom stereocenters. The van der Waals surface area contributed by atoms with Gasteiger partial charge in [0.2, 0.25) is 0 Å². The molecule has 0 saturated heterocycles. The van der Waals surface area contributed by atoms with Gasteiger partial charge in [-0.3, -0.25) is 18.6 Å². The van der Waals surface area contributed by atoms with E-state index in [4.69, 9.17) is 18.5 Å². The lowest BCUT2D eigenvalue weighted by atomic mass is 10.0. The highest BCUT2D eigenvalue weighted by atomic mass is 31.2. The molecule has 0 fully saturated rings. The molecule has 342 valence electrons. The van der Waals surface area contributed by atoms with Crippen molar-refractivity contribution in [3.8, 4) is 0 Å². The molecule has 0 amide bonds. The van der Waals surface area contributed by atoms with Crippen molar-refractivity contribution in [2.24, 2.45) is 0 Å². The van der Waals surface area contributed by atoms with Gasteiger partial charge in [-0.05, 0) is 52.0 Å². The van der Waals surface area contributed by atoms with Gasteiger partial charge < -0.3 is 19.7 Å². The van der Waals surface area contributed by atoms with E-state index in [1.807, 2.05) is 0 Å². The SMILES string of the molecule is CCCCC/C=C\C/C=C\CCCCCCCC(=O)OC(COC(=O)CCCCCCCCCCCCCCCCCCCCCCC)COP(=O)(O)OCCNC. The summed E-state index contributed by atoms with van der Waals surface area (Å²) in [5.74, 6) is -0.812. The van der Waals surface area contributed by atoms with E-state index in [0.717, 1.165) is 57.8 Å². The number of esters is 2. The summed E-state index contributed by atoms with van der Waals surface area (Å²) in [6.45, 7) is 4.22. The zero-order chi connectivity index (χ0) is 42.5. The normalized spacial score (nSPS) is 13.4. The fourth-order valence-electron chi connectivity index (χ4n) is 6.88. The minimum absolute atomic E-state index is 0.0178. The lowest BCUT2D eigenvalue weighted by Gasteiger charge is -2.20. The van der Waals surface area contributed by atoms with Gasteiger partial charge in [-0.15, -0.1) is 0 Å². The maximum absolute atomic E-state index is 12.6. The largest absolute Gasteiger partial charge is 0.472 e. The fourth-order valence-corrected chi connectivity index (χ4v) is 7.63. The van der Waals surface area contributed by atoms with Crippen molar-refractivity contribution < 1.29 is 37.6 Å². The zero-order valence-electron chi connectivity index (χ0n) is 38.0. The van der Waals surface area contributed by atoms with E-state index in [9.17, 15) is 19.0 Å². The molecule has 0 radical (unpaired) electrons. The van der Waals surface area contributed by atoms with E-state index < -0.39 is 26.5 Å². The van der Waals surface area contributed by atoms with Crippen LogP contribution in [0.4, 0.5) is 0 Å². The monoisotopic (exact) mass is 842 g/mol. The Morgan fingerprint density at radius 2 is 0.931 bits per heavy atom. The Labute approximate surface area is 357 Å². The van der Waals surface area contributed by atoms with Gasteiger partial charge in [-0.1, -0.05) is 199 Å². The van der Waals surface area contributed by atoms with Crippen LogP contribution in [0.2, 0.25) is 0 Å². The van der Waals surface area contributed by atoms with Crippen LogP contribution in [0.3, 0.4) is 0 Å². The number of phosphoric acid groups is 1. The smallest absolute Gasteiger partial charge is 0.462 e. The van der Waals surface area contributed by atoms with Gasteiger partial charge in [0, 0.05) is 19.4 Å². The van der Waals surface area contributed by atoms with E-state index in [1.165, 1.54) is 141 Å². The third-order valence-electron chi connectivity index (χ3n) is 10.6. The summed E-state index contributed by atoms with van der Waals surface area (Å²) < 4.78 is 33.3. The predicted molar refractivity (Wildman–Crippen MR) is 243 cm³/mol. The molecule has 9 nitrogen and oxygen atoms in total. The van der Waals surface area contributed by atoms with Crippen LogP contribution < -0.4 is 5.32 Å². The van der Waals surface area contributed by atoms with Crippen LogP contribution in [-0.4, -0.2) is 56.3 Å². The van der Waals surface area contributed by atoms with E-state index in [-0.39, 0.29) is 32.0 Å². The Morgan fingerprint density at radius 1 is 0.534 bits per heavy atom. The van der Waals surface area contributed by atoms with Crippen LogP contribution in [0, 0.1) is 0 Å². The van der Waals surface area contributed by atoms with Crippen LogP contribution >= 0.6 is 7.82 Å². The average molecular weight is 842 g/mol. The Balaban J connectivity index is 4.10. The number of ether oxygens (including phenoxy) is 2. The standard InChI is InChI=1S/C48H92NO8P/c1-4-6-8-10-12-14-16-18-20-21-22-23-24-25-27-28-30-32-34-36-38-40-47(50)54-44-46(45-56-58(52,53)55-43-42-49-3)57-48(51)41-39-37-35-33-31-29-26-19-17-15-13-11-9-7-5-2/h13,15,19,26,46,49H,4-12,14,16-18,20-25,27-45H2,1-3H3,(H,52,53)/b15-13-,26-19-. The minimum atomic E-state index is -4.35. The molecule has 0 saturated carbocycles. The molecule has 2 N–H and O–H groups in total. The Bertz CT molecular complexity index is 1010. The van der Waals surface area contributed by atoms with Gasteiger partial charge in [0.15, 0.2) is 6.10 Å². The van der Waals surface area contributed by atoms with Gasteiger partial charge in [-0.2, -0.15) is 0 Å². The Kier molecular flexibility index (Phi) is 43.9. The van der Waals surface area contributed by atoms with Crippen molar-refractivity contribution in [1.82, 2.24) is 5.32 Å². The molecule has 0 aromatic heterocycles. The first-order chi connectivity index (χ1) is 28.3. The van der Waals surface area contributed by atoms with Gasteiger partial charge in [-0.25, -0.2) is 4.57 Å². The Morgan fingerprint density at radius 3 is 1.40 bits per heavy atom. The van der Waals surface area contributed by atoms with E-state index in [1.54, 1.807) is 7.05 Å². The van der Waals surface area contributed by atoms with Crippen LogP contribution in [0.15, 0.2) is 24.3 Å². The zero-order valence-corrected chi connectivity index (χ0v) is 38.9. The number of hydrogen-bond donors (Lipinski definition) is 2. The van der Waals surface area contributed by atoms with Crippen molar-refractivity contribution in [3.05, 3.63) is 24.3 Å². The van der Waals surface area contributed by atoms with Gasteiger partial charge in [0.05, 0.1) is 13.2 Å². The first-order valence-electron chi connectivity index (χ1n) is 24.3. The number of rotatable bonds is 46. The maximum atomic E-state index is 12.6. The number of carbonyl (C=O) groups is 2. The lowest BCUT2D eigenvalue weighted by molar-refractivity contribution is -0.161. The number of hydrogen-bond acceptors (Lipinski definition) is 8. The van der Waals surface area contributed by atoms with Crippen molar-refractivity contribution in [1.29, 1.82) is 0 Å². The van der Waals surface area contributed by atoms with Gasteiger partial charge in [0.25, 0.3) is 0 Å². The topological polar surface area (TPSA) is 120 Å². The van der Waals surface area contributed by atoms with Crippen LogP contribution in [-0.2, 0) is 32.7 Å². The summed E-state index contributed by atoms with van der Waals surface area (Å²) in [4.78, 5) is 35.1. The van der Waals surface area contributed by atoms with Crippen molar-refractivity contribution >= 4 is 19.8 Å². The highest BCUT2D eigenvalue weighted by Gasteiger charge is 2.26. The molecule has 0 aromatic carbocycles. The Hall–Kier alpha value is -1.51. The molecule has 0 bridgehead atoms.